The van der Waals surface area contributed by atoms with E-state index in [4.69, 9.17) is 14.6 Å². The number of rotatable bonds is 7. The molecule has 0 aliphatic carbocycles. The van der Waals surface area contributed by atoms with Crippen LogP contribution in [-0.4, -0.2) is 30.7 Å². The molecule has 0 saturated heterocycles. The molecule has 0 aliphatic rings. The normalized spacial score (nSPS) is 9.96. The van der Waals surface area contributed by atoms with Gasteiger partial charge in [0.15, 0.2) is 18.1 Å². The minimum Gasteiger partial charge on any atom is -0.493 e. The number of nitrogens with one attached hydrogen (secondary N) is 1. The predicted molar refractivity (Wildman–Crippen MR) is 83.7 cm³/mol. The van der Waals surface area contributed by atoms with Crippen LogP contribution < -0.4 is 14.8 Å². The molecule has 0 aliphatic heterocycles. The average Bonchev–Trinajstić information content (AvgIpc) is 2.58. The van der Waals surface area contributed by atoms with E-state index in [9.17, 15) is 9.59 Å². The Morgan fingerprint density at radius 1 is 1.04 bits per heavy atom. The summed E-state index contributed by atoms with van der Waals surface area (Å²) in [5.74, 6) is -0.204. The topological polar surface area (TPSA) is 84.9 Å². The first kappa shape index (κ1) is 16.4. The number of carboxylic acids is 1. The Balaban J connectivity index is 1.82. The number of hydrogen-bond donors (Lipinski definition) is 2. The Labute approximate surface area is 133 Å². The molecule has 23 heavy (non-hydrogen) atoms. The molecule has 6 nitrogen and oxygen atoms in total. The van der Waals surface area contributed by atoms with Crippen LogP contribution in [0.25, 0.3) is 0 Å². The van der Waals surface area contributed by atoms with E-state index in [-0.39, 0.29) is 18.1 Å². The highest BCUT2D eigenvalue weighted by atomic mass is 16.5. The zero-order chi connectivity index (χ0) is 16.7. The minimum absolute atomic E-state index is 0.131. The molecule has 0 unspecified atom stereocenters. The zero-order valence-corrected chi connectivity index (χ0v) is 12.6. The van der Waals surface area contributed by atoms with Crippen LogP contribution in [0.3, 0.4) is 0 Å². The summed E-state index contributed by atoms with van der Waals surface area (Å²) in [5, 5.41) is 11.5. The maximum atomic E-state index is 11.8. The Bertz CT molecular complexity index is 682. The van der Waals surface area contributed by atoms with E-state index in [1.165, 1.54) is 19.2 Å². The highest BCUT2D eigenvalue weighted by Gasteiger charge is 2.07. The second-order valence-electron chi connectivity index (χ2n) is 4.72. The van der Waals surface area contributed by atoms with Crippen LogP contribution in [0.4, 0.5) is 0 Å². The second kappa shape index (κ2) is 7.84. The van der Waals surface area contributed by atoms with E-state index in [0.29, 0.717) is 18.0 Å². The quantitative estimate of drug-likeness (QED) is 0.817. The van der Waals surface area contributed by atoms with Gasteiger partial charge < -0.3 is 19.9 Å². The van der Waals surface area contributed by atoms with Gasteiger partial charge in [0, 0.05) is 6.54 Å². The number of carboxylic acid groups (broad SMARTS) is 1. The number of methoxy groups -OCH3 is 1. The third-order valence-electron chi connectivity index (χ3n) is 3.12. The first-order chi connectivity index (χ1) is 11.1. The largest absolute Gasteiger partial charge is 0.493 e. The van der Waals surface area contributed by atoms with E-state index in [1.807, 2.05) is 6.07 Å². The monoisotopic (exact) mass is 315 g/mol. The van der Waals surface area contributed by atoms with Crippen molar-refractivity contribution < 1.29 is 24.2 Å². The molecule has 0 spiro atoms. The van der Waals surface area contributed by atoms with Crippen molar-refractivity contribution in [3.63, 3.8) is 0 Å². The van der Waals surface area contributed by atoms with Gasteiger partial charge in [-0.05, 0) is 29.8 Å². The molecule has 0 heterocycles. The summed E-state index contributed by atoms with van der Waals surface area (Å²) in [7, 11) is 1.53. The van der Waals surface area contributed by atoms with Crippen molar-refractivity contribution in [1.29, 1.82) is 0 Å². The van der Waals surface area contributed by atoms with E-state index >= 15 is 0 Å². The summed E-state index contributed by atoms with van der Waals surface area (Å²) in [6, 6.07) is 13.4. The van der Waals surface area contributed by atoms with Crippen molar-refractivity contribution in [3.05, 3.63) is 59.7 Å². The zero-order valence-electron chi connectivity index (χ0n) is 12.6. The van der Waals surface area contributed by atoms with Crippen molar-refractivity contribution in [2.24, 2.45) is 0 Å². The van der Waals surface area contributed by atoms with E-state index in [1.54, 1.807) is 30.3 Å². The third kappa shape index (κ3) is 4.74. The van der Waals surface area contributed by atoms with Crippen molar-refractivity contribution >= 4 is 11.9 Å². The van der Waals surface area contributed by atoms with E-state index < -0.39 is 5.97 Å². The molecule has 0 radical (unpaired) electrons. The van der Waals surface area contributed by atoms with Crippen molar-refractivity contribution in [2.75, 3.05) is 13.7 Å². The summed E-state index contributed by atoms with van der Waals surface area (Å²) >= 11 is 0. The van der Waals surface area contributed by atoms with Crippen LogP contribution in [0.5, 0.6) is 11.5 Å². The first-order valence-corrected chi connectivity index (χ1v) is 6.95. The predicted octanol–water partition coefficient (Wildman–Crippen LogP) is 2.09. The standard InChI is InChI=1S/C17H17NO5/c1-22-14-4-2-3-5-15(14)23-11-16(19)18-10-12-6-8-13(9-7-12)17(20)21/h2-9H,10-11H2,1H3,(H,18,19)(H,20,21). The number of benzene rings is 2. The molecule has 0 fully saturated rings. The fourth-order valence-electron chi connectivity index (χ4n) is 1.90. The molecule has 2 rings (SSSR count). The number of hydrogen-bond acceptors (Lipinski definition) is 4. The number of carbonyl (C=O) groups excluding carboxylic acids is 1. The van der Waals surface area contributed by atoms with Crippen LogP contribution in [0.1, 0.15) is 15.9 Å². The van der Waals surface area contributed by atoms with Crippen molar-refractivity contribution in [2.45, 2.75) is 6.54 Å². The first-order valence-electron chi connectivity index (χ1n) is 6.95. The molecular weight excluding hydrogens is 298 g/mol. The molecular formula is C17H17NO5. The van der Waals surface area contributed by atoms with Crippen LogP contribution in [0.2, 0.25) is 0 Å². The third-order valence-corrected chi connectivity index (χ3v) is 3.12. The summed E-state index contributed by atoms with van der Waals surface area (Å²) in [4.78, 5) is 22.5. The maximum Gasteiger partial charge on any atom is 0.335 e. The van der Waals surface area contributed by atoms with Gasteiger partial charge in [0.1, 0.15) is 0 Å². The summed E-state index contributed by atoms with van der Waals surface area (Å²) in [6.07, 6.45) is 0. The number of amides is 1. The lowest BCUT2D eigenvalue weighted by molar-refractivity contribution is -0.123. The van der Waals surface area contributed by atoms with Gasteiger partial charge in [-0.3, -0.25) is 4.79 Å². The average molecular weight is 315 g/mol. The Morgan fingerprint density at radius 3 is 2.30 bits per heavy atom. The van der Waals surface area contributed by atoms with Crippen LogP contribution in [0, 0.1) is 0 Å². The summed E-state index contributed by atoms with van der Waals surface area (Å²) in [5.41, 5.74) is 1.01. The van der Waals surface area contributed by atoms with Crippen molar-refractivity contribution in [3.8, 4) is 11.5 Å². The molecule has 6 heteroatoms. The minimum atomic E-state index is -0.981. The summed E-state index contributed by atoms with van der Waals surface area (Å²) < 4.78 is 10.5. The molecule has 120 valence electrons. The summed E-state index contributed by atoms with van der Waals surface area (Å²) in [6.45, 7) is 0.168. The van der Waals surface area contributed by atoms with Gasteiger partial charge in [-0.1, -0.05) is 24.3 Å². The number of carbonyl (C=O) groups is 2. The number of ether oxygens (including phenoxy) is 2. The van der Waals surface area contributed by atoms with Gasteiger partial charge in [-0.2, -0.15) is 0 Å². The SMILES string of the molecule is COc1ccccc1OCC(=O)NCc1ccc(C(=O)O)cc1. The van der Waals surface area contributed by atoms with E-state index in [2.05, 4.69) is 5.32 Å². The lowest BCUT2D eigenvalue weighted by Crippen LogP contribution is -2.28. The Hall–Kier alpha value is -3.02. The molecule has 2 N–H and O–H groups in total. The van der Waals surface area contributed by atoms with Crippen LogP contribution >= 0.6 is 0 Å². The van der Waals surface area contributed by atoms with Crippen molar-refractivity contribution in [1.82, 2.24) is 5.32 Å². The van der Waals surface area contributed by atoms with Gasteiger partial charge in [0.25, 0.3) is 5.91 Å². The fourth-order valence-corrected chi connectivity index (χ4v) is 1.90. The molecule has 2 aromatic carbocycles. The Morgan fingerprint density at radius 2 is 1.70 bits per heavy atom. The molecule has 1 amide bonds. The molecule has 2 aromatic rings. The highest BCUT2D eigenvalue weighted by molar-refractivity contribution is 5.87. The molecule has 0 atom stereocenters. The highest BCUT2D eigenvalue weighted by Crippen LogP contribution is 2.25. The van der Waals surface area contributed by atoms with Gasteiger partial charge >= 0.3 is 5.97 Å². The lowest BCUT2D eigenvalue weighted by Gasteiger charge is -2.10. The van der Waals surface area contributed by atoms with Crippen LogP contribution in [0.15, 0.2) is 48.5 Å². The van der Waals surface area contributed by atoms with Gasteiger partial charge in [0.2, 0.25) is 0 Å². The number of para-hydroxylation sites is 2. The van der Waals surface area contributed by atoms with Crippen LogP contribution in [-0.2, 0) is 11.3 Å². The molecule has 0 saturated carbocycles. The lowest BCUT2D eigenvalue weighted by atomic mass is 10.1. The smallest absolute Gasteiger partial charge is 0.335 e. The van der Waals surface area contributed by atoms with E-state index in [0.717, 1.165) is 5.56 Å². The molecule has 0 aromatic heterocycles. The Kier molecular flexibility index (Phi) is 5.57. The number of aromatic carboxylic acids is 1. The second-order valence-corrected chi connectivity index (χ2v) is 4.72. The maximum absolute atomic E-state index is 11.8. The molecule has 0 bridgehead atoms. The van der Waals surface area contributed by atoms with Gasteiger partial charge in [-0.25, -0.2) is 4.79 Å². The van der Waals surface area contributed by atoms with Gasteiger partial charge in [-0.15, -0.1) is 0 Å². The van der Waals surface area contributed by atoms with Gasteiger partial charge in [0.05, 0.1) is 12.7 Å². The fraction of sp³-hybridized carbons (Fsp3) is 0.176.